The summed E-state index contributed by atoms with van der Waals surface area (Å²) in [5.74, 6) is 2.63. The number of nitrogens with zero attached hydrogens (tertiary/aromatic N) is 2. The van der Waals surface area contributed by atoms with Gasteiger partial charge in [-0.15, -0.1) is 0 Å². The molecule has 0 spiro atoms. The third kappa shape index (κ3) is 7.99. The standard InChI is InChI=1S/C29H37N3O3/c1-31-22-19-27(33-24-12-6-3-7-13-24)30-21-18-28(34-25-14-8-4-9-15-25)32(2)23-20-29(31)35-26-16-10-5-11-17-26/h3-17,27-30H,18-23H2,1-2H3. The summed E-state index contributed by atoms with van der Waals surface area (Å²) in [6.45, 7) is 2.48. The molecule has 0 aliphatic carbocycles. The van der Waals surface area contributed by atoms with Gasteiger partial charge in [-0.2, -0.15) is 0 Å². The van der Waals surface area contributed by atoms with E-state index in [4.69, 9.17) is 14.2 Å². The molecule has 3 atom stereocenters. The zero-order valence-corrected chi connectivity index (χ0v) is 20.8. The van der Waals surface area contributed by atoms with Gasteiger partial charge in [-0.25, -0.2) is 0 Å². The third-order valence-electron chi connectivity index (χ3n) is 6.27. The summed E-state index contributed by atoms with van der Waals surface area (Å²) in [4.78, 5) is 4.55. The summed E-state index contributed by atoms with van der Waals surface area (Å²) in [7, 11) is 4.24. The van der Waals surface area contributed by atoms with Crippen LogP contribution in [0.5, 0.6) is 17.2 Å². The second-order valence-electron chi connectivity index (χ2n) is 8.97. The van der Waals surface area contributed by atoms with Crippen molar-refractivity contribution in [1.82, 2.24) is 15.1 Å². The Hall–Kier alpha value is -3.06. The Labute approximate surface area is 209 Å². The summed E-state index contributed by atoms with van der Waals surface area (Å²) < 4.78 is 19.1. The minimum Gasteiger partial charge on any atom is -0.475 e. The highest BCUT2D eigenvalue weighted by molar-refractivity contribution is 5.22. The fourth-order valence-corrected chi connectivity index (χ4v) is 4.21. The molecule has 6 nitrogen and oxygen atoms in total. The van der Waals surface area contributed by atoms with E-state index < -0.39 is 0 Å². The van der Waals surface area contributed by atoms with Crippen LogP contribution >= 0.6 is 0 Å². The van der Waals surface area contributed by atoms with E-state index in [-0.39, 0.29) is 18.7 Å². The molecule has 1 fully saturated rings. The van der Waals surface area contributed by atoms with E-state index in [2.05, 4.69) is 29.2 Å². The minimum atomic E-state index is -0.112. The highest BCUT2D eigenvalue weighted by Crippen LogP contribution is 2.19. The summed E-state index contributed by atoms with van der Waals surface area (Å²) >= 11 is 0. The van der Waals surface area contributed by atoms with Crippen molar-refractivity contribution >= 4 is 0 Å². The lowest BCUT2D eigenvalue weighted by atomic mass is 10.2. The smallest absolute Gasteiger partial charge is 0.153 e. The van der Waals surface area contributed by atoms with Gasteiger partial charge in [0.15, 0.2) is 18.7 Å². The lowest BCUT2D eigenvalue weighted by Crippen LogP contribution is -2.47. The predicted octanol–water partition coefficient (Wildman–Crippen LogP) is 4.84. The van der Waals surface area contributed by atoms with Crippen molar-refractivity contribution in [3.8, 4) is 17.2 Å². The van der Waals surface area contributed by atoms with Gasteiger partial charge < -0.3 is 14.2 Å². The molecule has 1 saturated heterocycles. The average Bonchev–Trinajstić information content (AvgIpc) is 2.89. The maximum Gasteiger partial charge on any atom is 0.153 e. The van der Waals surface area contributed by atoms with Gasteiger partial charge in [-0.3, -0.25) is 15.1 Å². The number of hydrogen-bond donors (Lipinski definition) is 1. The van der Waals surface area contributed by atoms with Gasteiger partial charge in [-0.05, 0) is 50.5 Å². The van der Waals surface area contributed by atoms with Crippen LogP contribution in [0, 0.1) is 0 Å². The number of nitrogens with one attached hydrogen (secondary N) is 1. The molecule has 0 bridgehead atoms. The van der Waals surface area contributed by atoms with Gasteiger partial charge in [0.1, 0.15) is 17.2 Å². The Morgan fingerprint density at radius 1 is 0.571 bits per heavy atom. The van der Waals surface area contributed by atoms with E-state index in [0.717, 1.165) is 56.1 Å². The van der Waals surface area contributed by atoms with Gasteiger partial charge in [0.2, 0.25) is 0 Å². The van der Waals surface area contributed by atoms with E-state index >= 15 is 0 Å². The number of benzene rings is 3. The second kappa shape index (κ2) is 13.1. The largest absolute Gasteiger partial charge is 0.475 e. The number of para-hydroxylation sites is 3. The van der Waals surface area contributed by atoms with Crippen molar-refractivity contribution in [2.75, 3.05) is 33.7 Å². The van der Waals surface area contributed by atoms with Crippen LogP contribution in [0.2, 0.25) is 0 Å². The molecule has 1 aliphatic rings. The lowest BCUT2D eigenvalue weighted by molar-refractivity contribution is -0.0108. The van der Waals surface area contributed by atoms with Crippen molar-refractivity contribution in [2.24, 2.45) is 0 Å². The first-order valence-electron chi connectivity index (χ1n) is 12.5. The van der Waals surface area contributed by atoms with Crippen molar-refractivity contribution in [3.05, 3.63) is 91.0 Å². The first-order valence-corrected chi connectivity index (χ1v) is 12.5. The quantitative estimate of drug-likeness (QED) is 0.551. The van der Waals surface area contributed by atoms with Crippen LogP contribution in [0.25, 0.3) is 0 Å². The van der Waals surface area contributed by atoms with E-state index in [1.807, 2.05) is 91.0 Å². The van der Waals surface area contributed by atoms with Crippen molar-refractivity contribution < 1.29 is 14.2 Å². The second-order valence-corrected chi connectivity index (χ2v) is 8.97. The minimum absolute atomic E-state index is 0.0611. The molecule has 35 heavy (non-hydrogen) atoms. The van der Waals surface area contributed by atoms with Crippen molar-refractivity contribution in [3.63, 3.8) is 0 Å². The molecular weight excluding hydrogens is 438 g/mol. The third-order valence-corrected chi connectivity index (χ3v) is 6.27. The van der Waals surface area contributed by atoms with Gasteiger partial charge in [0.25, 0.3) is 0 Å². The van der Waals surface area contributed by atoms with E-state index in [9.17, 15) is 0 Å². The number of ether oxygens (including phenoxy) is 3. The molecule has 4 rings (SSSR count). The van der Waals surface area contributed by atoms with Crippen LogP contribution in [0.1, 0.15) is 19.3 Å². The molecule has 0 saturated carbocycles. The Morgan fingerprint density at radius 3 is 1.51 bits per heavy atom. The molecule has 3 aromatic rings. The summed E-state index contributed by atoms with van der Waals surface area (Å²) in [5.41, 5.74) is 0. The van der Waals surface area contributed by atoms with Gasteiger partial charge in [0, 0.05) is 38.9 Å². The Balaban J connectivity index is 1.50. The first kappa shape index (κ1) is 25.0. The van der Waals surface area contributed by atoms with Gasteiger partial charge in [-0.1, -0.05) is 54.6 Å². The topological polar surface area (TPSA) is 46.2 Å². The maximum absolute atomic E-state index is 6.42. The van der Waals surface area contributed by atoms with Crippen molar-refractivity contribution in [1.29, 1.82) is 0 Å². The summed E-state index contributed by atoms with van der Waals surface area (Å²) in [6, 6.07) is 30.1. The van der Waals surface area contributed by atoms with Crippen LogP contribution in [-0.2, 0) is 0 Å². The molecule has 1 aliphatic heterocycles. The van der Waals surface area contributed by atoms with E-state index in [1.165, 1.54) is 0 Å². The van der Waals surface area contributed by atoms with E-state index in [1.54, 1.807) is 0 Å². The van der Waals surface area contributed by atoms with Crippen LogP contribution in [-0.4, -0.2) is 62.2 Å². The molecule has 0 radical (unpaired) electrons. The molecule has 0 aromatic heterocycles. The molecular formula is C29H37N3O3. The highest BCUT2D eigenvalue weighted by Gasteiger charge is 2.24. The zero-order valence-electron chi connectivity index (χ0n) is 20.8. The molecule has 6 heteroatoms. The Bertz CT molecular complexity index is 974. The molecule has 3 aromatic carbocycles. The van der Waals surface area contributed by atoms with Gasteiger partial charge in [0.05, 0.1) is 0 Å². The van der Waals surface area contributed by atoms with Crippen molar-refractivity contribution in [2.45, 2.75) is 37.9 Å². The number of rotatable bonds is 6. The average molecular weight is 476 g/mol. The molecule has 1 heterocycles. The fraction of sp³-hybridized carbons (Fsp3) is 0.379. The summed E-state index contributed by atoms with van der Waals surface area (Å²) in [6.07, 6.45) is 2.28. The summed E-state index contributed by atoms with van der Waals surface area (Å²) in [5, 5.41) is 3.61. The van der Waals surface area contributed by atoms with Crippen LogP contribution < -0.4 is 19.5 Å². The maximum atomic E-state index is 6.42. The number of hydrogen-bond acceptors (Lipinski definition) is 6. The Kier molecular flexibility index (Phi) is 9.40. The lowest BCUT2D eigenvalue weighted by Gasteiger charge is -2.35. The van der Waals surface area contributed by atoms with E-state index in [0.29, 0.717) is 0 Å². The monoisotopic (exact) mass is 475 g/mol. The molecule has 186 valence electrons. The predicted molar refractivity (Wildman–Crippen MR) is 140 cm³/mol. The molecule has 0 amide bonds. The van der Waals surface area contributed by atoms with Gasteiger partial charge >= 0.3 is 0 Å². The first-order chi connectivity index (χ1) is 17.2. The zero-order chi connectivity index (χ0) is 24.3. The Morgan fingerprint density at radius 2 is 1.00 bits per heavy atom. The molecule has 1 N–H and O–H groups in total. The normalized spacial score (nSPS) is 23.0. The SMILES string of the molecule is CN1CCC(Oc2ccccc2)NCCC(Oc2ccccc2)N(C)CCC1Oc1ccccc1. The fourth-order valence-electron chi connectivity index (χ4n) is 4.21. The van der Waals surface area contributed by atoms with Crippen LogP contribution in [0.4, 0.5) is 0 Å². The highest BCUT2D eigenvalue weighted by atomic mass is 16.5. The van der Waals surface area contributed by atoms with Crippen LogP contribution in [0.15, 0.2) is 91.0 Å². The molecule has 3 unspecified atom stereocenters. The van der Waals surface area contributed by atoms with Crippen LogP contribution in [0.3, 0.4) is 0 Å².